The zero-order chi connectivity index (χ0) is 30.9. The molecule has 42 heavy (non-hydrogen) atoms. The van der Waals surface area contributed by atoms with Crippen molar-refractivity contribution >= 4 is 29.2 Å². The maximum absolute atomic E-state index is 13.3. The summed E-state index contributed by atoms with van der Waals surface area (Å²) in [5.74, 6) is -0.442. The third kappa shape index (κ3) is 7.92. The summed E-state index contributed by atoms with van der Waals surface area (Å²) in [5, 5.41) is 21.0. The van der Waals surface area contributed by atoms with Gasteiger partial charge in [-0.15, -0.1) is 11.6 Å². The van der Waals surface area contributed by atoms with E-state index in [9.17, 15) is 23.1 Å². The van der Waals surface area contributed by atoms with E-state index in [1.54, 1.807) is 19.1 Å². The highest BCUT2D eigenvalue weighted by Crippen LogP contribution is 2.44. The Morgan fingerprint density at radius 3 is 2.69 bits per heavy atom. The number of benzene rings is 1. The average Bonchev–Trinajstić information content (AvgIpc) is 3.23. The second kappa shape index (κ2) is 12.4. The number of carbonyl (C=O) groups is 1. The Kier molecular flexibility index (Phi) is 9.43. The number of allylic oxidation sites excluding steroid dienone is 2. The summed E-state index contributed by atoms with van der Waals surface area (Å²) >= 11 is 6.30. The van der Waals surface area contributed by atoms with Crippen LogP contribution < -0.4 is 5.32 Å². The highest BCUT2D eigenvalue weighted by Gasteiger charge is 2.42. The van der Waals surface area contributed by atoms with Gasteiger partial charge in [-0.2, -0.15) is 13.2 Å². The first-order valence-corrected chi connectivity index (χ1v) is 14.7. The first-order valence-electron chi connectivity index (χ1n) is 14.4. The van der Waals surface area contributed by atoms with E-state index in [-0.39, 0.29) is 23.6 Å². The lowest BCUT2D eigenvalue weighted by Gasteiger charge is -2.33. The number of hydrogen-bond acceptors (Lipinski definition) is 4. The van der Waals surface area contributed by atoms with Crippen LogP contribution in [-0.4, -0.2) is 63.9 Å². The fraction of sp³-hybridized carbons (Fsp3) is 0.531. The Morgan fingerprint density at radius 2 is 2.05 bits per heavy atom. The van der Waals surface area contributed by atoms with Gasteiger partial charge in [0.15, 0.2) is 6.10 Å². The van der Waals surface area contributed by atoms with Crippen molar-refractivity contribution in [2.24, 2.45) is 10.4 Å². The Morgan fingerprint density at radius 1 is 1.31 bits per heavy atom. The number of amides is 2. The second-order valence-electron chi connectivity index (χ2n) is 12.6. The van der Waals surface area contributed by atoms with Gasteiger partial charge in [-0.05, 0) is 74.5 Å². The van der Waals surface area contributed by atoms with Crippen LogP contribution >= 0.6 is 11.6 Å². The number of aliphatic hydroxyl groups is 1. The molecule has 3 atom stereocenters. The molecule has 0 radical (unpaired) electrons. The zero-order valence-electron chi connectivity index (χ0n) is 24.6. The Balaban J connectivity index is 1.51. The van der Waals surface area contributed by atoms with Crippen molar-refractivity contribution in [3.05, 3.63) is 70.3 Å². The first-order chi connectivity index (χ1) is 19.5. The van der Waals surface area contributed by atoms with Gasteiger partial charge in [0.2, 0.25) is 0 Å². The van der Waals surface area contributed by atoms with E-state index in [1.807, 2.05) is 6.07 Å². The van der Waals surface area contributed by atoms with E-state index in [0.29, 0.717) is 11.3 Å². The van der Waals surface area contributed by atoms with Gasteiger partial charge in [0.05, 0.1) is 29.7 Å². The topological polar surface area (TPSA) is 88.8 Å². The monoisotopic (exact) mass is 604 g/mol. The number of alkyl halides is 4. The van der Waals surface area contributed by atoms with E-state index in [1.165, 1.54) is 22.8 Å². The van der Waals surface area contributed by atoms with Gasteiger partial charge in [0, 0.05) is 5.57 Å². The maximum atomic E-state index is 13.3. The van der Waals surface area contributed by atoms with Crippen LogP contribution in [0.4, 0.5) is 18.0 Å². The molecule has 10 heteroatoms. The average molecular weight is 605 g/mol. The Bertz CT molecular complexity index is 1340. The molecular formula is C32H40ClF3N4O2. The molecule has 6 nitrogen and oxygen atoms in total. The number of urea groups is 1. The van der Waals surface area contributed by atoms with Crippen LogP contribution in [0.5, 0.6) is 0 Å². The van der Waals surface area contributed by atoms with E-state index in [4.69, 9.17) is 22.0 Å². The van der Waals surface area contributed by atoms with E-state index >= 15 is 0 Å². The fourth-order valence-corrected chi connectivity index (χ4v) is 5.88. The number of aliphatic hydroxyl groups excluding tert-OH is 1. The summed E-state index contributed by atoms with van der Waals surface area (Å²) in [6.45, 7) is 7.24. The minimum absolute atomic E-state index is 0.0177. The number of rotatable bonds is 8. The number of hydrogen-bond donors (Lipinski definition) is 3. The lowest BCUT2D eigenvalue weighted by Crippen LogP contribution is -2.51. The second-order valence-corrected chi connectivity index (χ2v) is 13.5. The molecule has 2 aliphatic carbocycles. The molecule has 1 aromatic rings. The van der Waals surface area contributed by atoms with Crippen molar-refractivity contribution in [1.29, 1.82) is 5.41 Å². The molecule has 0 bridgehead atoms. The number of nitrogens with one attached hydrogen (secondary N) is 2. The molecule has 0 aromatic heterocycles. The highest BCUT2D eigenvalue weighted by atomic mass is 35.5. The molecule has 4 rings (SSSR count). The Hall–Kier alpha value is -2.91. The molecule has 0 fully saturated rings. The number of halogens is 4. The minimum atomic E-state index is -4.95. The van der Waals surface area contributed by atoms with Gasteiger partial charge in [0.25, 0.3) is 0 Å². The lowest BCUT2D eigenvalue weighted by atomic mass is 9.72. The zero-order valence-corrected chi connectivity index (χ0v) is 25.4. The molecule has 1 aromatic carbocycles. The molecule has 1 aliphatic heterocycles. The summed E-state index contributed by atoms with van der Waals surface area (Å²) in [7, 11) is 0. The standard InChI is InChI=1S/C32H40ClF3N4O2/c1-20-6-5-7-21(16-20)8-9-25-24-17-30(2,3)13-12-23(24)26(39-25)18-38-29(42)40(19-27(41)32(34,35)36)28(37)22-10-14-31(4,33)15-11-22/h5-7,10-11,14,16,25,27,37,41H,8-9,12-13,15,17-19H2,1-4H3,(H,38,42)/t25?,27-,31?/m0/s1. The van der Waals surface area contributed by atoms with Crippen molar-refractivity contribution in [3.8, 4) is 0 Å². The molecule has 3 N–H and O–H groups in total. The van der Waals surface area contributed by atoms with Gasteiger partial charge in [0.1, 0.15) is 5.84 Å². The molecular weight excluding hydrogens is 565 g/mol. The van der Waals surface area contributed by atoms with Crippen molar-refractivity contribution in [2.45, 2.75) is 89.4 Å². The van der Waals surface area contributed by atoms with Crippen molar-refractivity contribution in [2.75, 3.05) is 13.1 Å². The largest absolute Gasteiger partial charge is 0.416 e. The summed E-state index contributed by atoms with van der Waals surface area (Å²) in [5.41, 5.74) is 5.97. The summed E-state index contributed by atoms with van der Waals surface area (Å²) in [6.07, 6.45) is 1.72. The van der Waals surface area contributed by atoms with E-state index < -0.39 is 35.6 Å². The van der Waals surface area contributed by atoms with Crippen LogP contribution in [0.15, 0.2) is 64.2 Å². The quantitative estimate of drug-likeness (QED) is 0.169. The highest BCUT2D eigenvalue weighted by molar-refractivity contribution is 6.25. The van der Waals surface area contributed by atoms with Crippen LogP contribution in [-0.2, 0) is 6.42 Å². The summed E-state index contributed by atoms with van der Waals surface area (Å²) in [6, 6.07) is 7.47. The molecule has 2 unspecified atom stereocenters. The summed E-state index contributed by atoms with van der Waals surface area (Å²) < 4.78 is 39.8. The summed E-state index contributed by atoms with van der Waals surface area (Å²) in [4.78, 5) is 18.3. The molecule has 0 saturated heterocycles. The number of nitrogens with zero attached hydrogens (tertiary/aromatic N) is 2. The van der Waals surface area contributed by atoms with Gasteiger partial charge in [-0.1, -0.05) is 61.9 Å². The molecule has 0 spiro atoms. The van der Waals surface area contributed by atoms with Crippen LogP contribution in [0.2, 0.25) is 0 Å². The molecule has 2 amide bonds. The van der Waals surface area contributed by atoms with E-state index in [2.05, 4.69) is 44.3 Å². The number of carbonyl (C=O) groups excluding carboxylic acids is 1. The third-order valence-corrected chi connectivity index (χ3v) is 8.50. The molecule has 1 heterocycles. The van der Waals surface area contributed by atoms with Crippen LogP contribution in [0.1, 0.15) is 64.0 Å². The first kappa shape index (κ1) is 32.0. The third-order valence-electron chi connectivity index (χ3n) is 8.22. The minimum Gasteiger partial charge on any atom is -0.382 e. The van der Waals surface area contributed by atoms with Gasteiger partial charge < -0.3 is 10.4 Å². The lowest BCUT2D eigenvalue weighted by molar-refractivity contribution is -0.204. The molecule has 0 saturated carbocycles. The van der Waals surface area contributed by atoms with Gasteiger partial charge in [-0.25, -0.2) is 4.79 Å². The van der Waals surface area contributed by atoms with Crippen molar-refractivity contribution < 1.29 is 23.1 Å². The van der Waals surface area contributed by atoms with Gasteiger partial charge >= 0.3 is 12.2 Å². The van der Waals surface area contributed by atoms with Crippen molar-refractivity contribution in [3.63, 3.8) is 0 Å². The fourth-order valence-electron chi connectivity index (χ4n) is 5.74. The van der Waals surface area contributed by atoms with Crippen LogP contribution in [0.25, 0.3) is 0 Å². The number of amidine groups is 1. The van der Waals surface area contributed by atoms with Crippen LogP contribution in [0.3, 0.4) is 0 Å². The number of aliphatic imine (C=N–C) groups is 1. The van der Waals surface area contributed by atoms with E-state index in [0.717, 1.165) is 43.4 Å². The van der Waals surface area contributed by atoms with Crippen LogP contribution in [0, 0.1) is 17.7 Å². The predicted octanol–water partition coefficient (Wildman–Crippen LogP) is 7.05. The van der Waals surface area contributed by atoms with Gasteiger partial charge in [-0.3, -0.25) is 15.3 Å². The molecule has 228 valence electrons. The normalized spacial score (nSPS) is 24.1. The Labute approximate surface area is 250 Å². The smallest absolute Gasteiger partial charge is 0.382 e. The predicted molar refractivity (Wildman–Crippen MR) is 161 cm³/mol. The maximum Gasteiger partial charge on any atom is 0.416 e. The van der Waals surface area contributed by atoms with Crippen molar-refractivity contribution in [1.82, 2.24) is 10.2 Å². The molecule has 3 aliphatic rings. The number of aryl methyl sites for hydroxylation is 2. The SMILES string of the molecule is Cc1cccc(CCC2N=C(CNC(=O)N(C[C@H](O)C(F)(F)F)C(=N)C3=CCC(C)(Cl)C=C3)C3=C2CC(C)(C)CC3)c1.